The molecule has 0 unspecified atom stereocenters. The first-order valence-electron chi connectivity index (χ1n) is 2.68. The van der Waals surface area contributed by atoms with Crippen LogP contribution in [0.15, 0.2) is 25.3 Å². The predicted octanol–water partition coefficient (Wildman–Crippen LogP) is 0.547. The second-order valence-electron chi connectivity index (χ2n) is 1.53. The Labute approximate surface area is 74.9 Å². The van der Waals surface area contributed by atoms with Crippen molar-refractivity contribution in [3.63, 3.8) is 0 Å². The largest absolute Gasteiger partial charge is 0.478 e. The molecule has 0 aliphatic carbocycles. The third-order valence-electron chi connectivity index (χ3n) is 0.379. The van der Waals surface area contributed by atoms with Gasteiger partial charge in [0.05, 0.1) is 0 Å². The highest BCUT2D eigenvalue weighted by molar-refractivity contribution is 7.60. The minimum absolute atomic E-state index is 1.64. The third-order valence-corrected chi connectivity index (χ3v) is 2.08. The van der Waals surface area contributed by atoms with Crippen LogP contribution in [-0.2, 0) is 13.4 Å². The Morgan fingerprint density at radius 1 is 0.923 bits per heavy atom. The smallest absolute Gasteiger partial charge is 0.302 e. The van der Waals surface area contributed by atoms with Gasteiger partial charge >= 0.3 is 15.6 Å². The van der Waals surface area contributed by atoms with E-state index in [2.05, 4.69) is 17.5 Å². The molecule has 0 radical (unpaired) electrons. The molecule has 4 N–H and O–H groups in total. The van der Waals surface area contributed by atoms with Crippen molar-refractivity contribution in [3.8, 4) is 0 Å². The van der Waals surface area contributed by atoms with E-state index in [-0.39, 0.29) is 0 Å². The van der Waals surface area contributed by atoms with E-state index in [1.165, 1.54) is 0 Å². The molecule has 0 aromatic carbocycles. The maximum absolute atomic E-state index is 9.63. The first-order valence-corrected chi connectivity index (χ1v) is 5.74. The van der Waals surface area contributed by atoms with Gasteiger partial charge in [0.2, 0.25) is 0 Å². The van der Waals surface area contributed by atoms with E-state index in [9.17, 15) is 9.13 Å². The predicted molar refractivity (Wildman–Crippen MR) is 45.6 cm³/mol. The van der Waals surface area contributed by atoms with Gasteiger partial charge in [-0.3, -0.25) is 0 Å². The van der Waals surface area contributed by atoms with Crippen molar-refractivity contribution in [1.29, 1.82) is 0 Å². The molecule has 0 spiro atoms. The first-order chi connectivity index (χ1) is 5.62. The third kappa shape index (κ3) is 24.5. The summed E-state index contributed by atoms with van der Waals surface area (Å²) in [5.41, 5.74) is 0. The van der Waals surface area contributed by atoms with Gasteiger partial charge < -0.3 is 19.6 Å². The molecule has 0 saturated heterocycles. The van der Waals surface area contributed by atoms with Crippen LogP contribution in [0.25, 0.3) is 0 Å². The van der Waals surface area contributed by atoms with Crippen molar-refractivity contribution >= 4 is 15.6 Å². The lowest BCUT2D eigenvalue weighted by Gasteiger charge is -2.03. The molecule has 78 valence electrons. The van der Waals surface area contributed by atoms with Gasteiger partial charge in [0.15, 0.2) is 0 Å². The van der Waals surface area contributed by atoms with Crippen LogP contribution >= 0.6 is 15.6 Å². The van der Waals surface area contributed by atoms with E-state index in [4.69, 9.17) is 19.6 Å². The summed E-state index contributed by atoms with van der Waals surface area (Å²) in [6.07, 6.45) is 3.28. The molecule has 9 heteroatoms. The van der Waals surface area contributed by atoms with Gasteiger partial charge in [-0.25, -0.2) is 9.13 Å². The van der Waals surface area contributed by atoms with Crippen molar-refractivity contribution in [2.45, 2.75) is 0 Å². The van der Waals surface area contributed by atoms with Gasteiger partial charge in [0, 0.05) is 0 Å². The molecule has 13 heavy (non-hydrogen) atoms. The number of hydrogen-bond donors (Lipinski definition) is 4. The van der Waals surface area contributed by atoms with E-state index < -0.39 is 15.6 Å². The highest BCUT2D eigenvalue weighted by Gasteiger charge is 2.27. The lowest BCUT2D eigenvalue weighted by atomic mass is 10.6. The van der Waals surface area contributed by atoms with Gasteiger partial charge in [-0.1, -0.05) is 25.3 Å². The van der Waals surface area contributed by atoms with Gasteiger partial charge in [0.1, 0.15) is 0 Å². The van der Waals surface area contributed by atoms with Gasteiger partial charge in [0.25, 0.3) is 0 Å². The second kappa shape index (κ2) is 6.23. The topological polar surface area (TPSA) is 124 Å². The second-order valence-corrected chi connectivity index (χ2v) is 4.15. The van der Waals surface area contributed by atoms with Crippen LogP contribution in [0.2, 0.25) is 0 Å². The molecule has 0 saturated carbocycles. The van der Waals surface area contributed by atoms with Crippen LogP contribution in [0.5, 0.6) is 0 Å². The molecule has 0 aromatic rings. The summed E-state index contributed by atoms with van der Waals surface area (Å²) in [6.45, 7) is 6.72. The Morgan fingerprint density at radius 3 is 1.15 bits per heavy atom. The SMILES string of the molecule is C=CC=C.O=P(O)(O)OP(=O)(O)O. The average Bonchev–Trinajstić information content (AvgIpc) is 1.80. The summed E-state index contributed by atoms with van der Waals surface area (Å²) in [6, 6.07) is 0. The molecular weight excluding hydrogens is 222 g/mol. The minimum Gasteiger partial charge on any atom is -0.302 e. The number of phosphoric acid groups is 2. The highest BCUT2D eigenvalue weighted by atomic mass is 31.3. The zero-order valence-corrected chi connectivity index (χ0v) is 8.27. The van der Waals surface area contributed by atoms with E-state index in [0.29, 0.717) is 0 Å². The number of hydrogen-bond acceptors (Lipinski definition) is 3. The maximum atomic E-state index is 9.63. The van der Waals surface area contributed by atoms with Crippen LogP contribution in [0, 0.1) is 0 Å². The fraction of sp³-hybridized carbons (Fsp3) is 0. The number of rotatable bonds is 3. The van der Waals surface area contributed by atoms with Crippen molar-refractivity contribution < 1.29 is 33.0 Å². The van der Waals surface area contributed by atoms with Crippen molar-refractivity contribution in [2.75, 3.05) is 0 Å². The summed E-state index contributed by atoms with van der Waals surface area (Å²) in [7, 11) is -10.1. The highest BCUT2D eigenvalue weighted by Crippen LogP contribution is 2.53. The molecule has 7 nitrogen and oxygen atoms in total. The zero-order valence-electron chi connectivity index (χ0n) is 6.48. The summed E-state index contributed by atoms with van der Waals surface area (Å²) in [4.78, 5) is 31.0. The summed E-state index contributed by atoms with van der Waals surface area (Å²) < 4.78 is 22.2. The molecule has 0 aliphatic rings. The zero-order chi connectivity index (χ0) is 11.1. The molecule has 0 bridgehead atoms. The van der Waals surface area contributed by atoms with E-state index in [0.717, 1.165) is 0 Å². The monoisotopic (exact) mass is 232 g/mol. The number of allylic oxidation sites excluding steroid dienone is 2. The Bertz CT molecular complexity index is 221. The van der Waals surface area contributed by atoms with Crippen LogP contribution < -0.4 is 0 Å². The summed E-state index contributed by atoms with van der Waals surface area (Å²) in [5.74, 6) is 0. The van der Waals surface area contributed by atoms with E-state index in [1.54, 1.807) is 12.2 Å². The van der Waals surface area contributed by atoms with Crippen LogP contribution in [0.4, 0.5) is 0 Å². The minimum atomic E-state index is -5.05. The van der Waals surface area contributed by atoms with Crippen molar-refractivity contribution in [1.82, 2.24) is 0 Å². The normalized spacial score (nSPS) is 11.1. The fourth-order valence-electron chi connectivity index (χ4n) is 0.139. The average molecular weight is 232 g/mol. The van der Waals surface area contributed by atoms with E-state index >= 15 is 0 Å². The summed E-state index contributed by atoms with van der Waals surface area (Å²) >= 11 is 0. The maximum Gasteiger partial charge on any atom is 0.478 e. The van der Waals surface area contributed by atoms with E-state index in [1.807, 2.05) is 0 Å². The molecule has 0 aliphatic heterocycles. The Hall–Kier alpha value is -0.260. The first kappa shape index (κ1) is 15.2. The van der Waals surface area contributed by atoms with Crippen LogP contribution in [0.1, 0.15) is 0 Å². The lowest BCUT2D eigenvalue weighted by molar-refractivity contribution is 0.225. The molecule has 0 fully saturated rings. The molecule has 0 heterocycles. The lowest BCUT2D eigenvalue weighted by Crippen LogP contribution is -1.84. The quantitative estimate of drug-likeness (QED) is 0.413. The van der Waals surface area contributed by atoms with Crippen LogP contribution in [0.3, 0.4) is 0 Å². The fourth-order valence-corrected chi connectivity index (χ4v) is 1.25. The standard InChI is InChI=1S/C4H6.H4O7P2/c1-3-4-2;1-8(2,3)7-9(4,5)6/h3-4H,1-2H2;(H2,1,2,3)(H2,4,5,6). The van der Waals surface area contributed by atoms with Crippen molar-refractivity contribution in [2.24, 2.45) is 0 Å². The molecular formula is C4H10O7P2. The molecule has 0 aromatic heterocycles. The van der Waals surface area contributed by atoms with Gasteiger partial charge in [-0.2, -0.15) is 4.31 Å². The Balaban J connectivity index is 0. The van der Waals surface area contributed by atoms with Crippen LogP contribution in [-0.4, -0.2) is 19.6 Å². The van der Waals surface area contributed by atoms with Crippen molar-refractivity contribution in [3.05, 3.63) is 25.3 Å². The Morgan fingerprint density at radius 2 is 1.15 bits per heavy atom. The molecule has 0 amide bonds. The molecule has 0 atom stereocenters. The Kier molecular flexibility index (Phi) is 7.30. The summed E-state index contributed by atoms with van der Waals surface area (Å²) in [5, 5.41) is 0. The molecule has 0 rings (SSSR count). The van der Waals surface area contributed by atoms with Gasteiger partial charge in [-0.05, 0) is 0 Å². The van der Waals surface area contributed by atoms with Gasteiger partial charge in [-0.15, -0.1) is 0 Å².